The van der Waals surface area contributed by atoms with Crippen LogP contribution in [0.5, 0.6) is 5.75 Å². The molecule has 1 amide bonds. The van der Waals surface area contributed by atoms with Gasteiger partial charge < -0.3 is 14.8 Å². The first-order valence-electron chi connectivity index (χ1n) is 9.21. The number of carbonyl (C=O) groups excluding carboxylic acids is 1. The van der Waals surface area contributed by atoms with Gasteiger partial charge in [-0.3, -0.25) is 9.69 Å². The molecule has 0 saturated carbocycles. The van der Waals surface area contributed by atoms with Crippen LogP contribution >= 0.6 is 0 Å². The molecule has 9 nitrogen and oxygen atoms in total. The Labute approximate surface area is 158 Å². The Morgan fingerprint density at radius 1 is 1.33 bits per heavy atom. The Kier molecular flexibility index (Phi) is 6.72. The summed E-state index contributed by atoms with van der Waals surface area (Å²) >= 11 is 0. The van der Waals surface area contributed by atoms with Gasteiger partial charge in [0.25, 0.3) is 5.91 Å². The number of hydrogen-bond donors (Lipinski definition) is 1. The van der Waals surface area contributed by atoms with Crippen LogP contribution in [-0.2, 0) is 11.3 Å². The maximum absolute atomic E-state index is 12.4. The van der Waals surface area contributed by atoms with E-state index in [0.29, 0.717) is 23.7 Å². The van der Waals surface area contributed by atoms with Crippen molar-refractivity contribution in [3.8, 4) is 5.75 Å². The molecule has 2 aromatic rings. The molecule has 9 heteroatoms. The van der Waals surface area contributed by atoms with Crippen molar-refractivity contribution in [3.05, 3.63) is 35.7 Å². The number of carbonyl (C=O) groups is 1. The highest BCUT2D eigenvalue weighted by Gasteiger charge is 2.12. The van der Waals surface area contributed by atoms with E-state index in [4.69, 9.17) is 9.47 Å². The highest BCUT2D eigenvalue weighted by molar-refractivity contribution is 5.94. The topological polar surface area (TPSA) is 94.4 Å². The first-order chi connectivity index (χ1) is 13.1. The SMILES string of the molecule is CC(C)n1nnnc1COc1cccc(C(=O)NCCN2CCOCC2)c1. The monoisotopic (exact) mass is 374 g/mol. The fourth-order valence-corrected chi connectivity index (χ4v) is 2.84. The van der Waals surface area contributed by atoms with Crippen molar-refractivity contribution >= 4 is 5.91 Å². The van der Waals surface area contributed by atoms with E-state index in [9.17, 15) is 4.79 Å². The number of aromatic nitrogens is 4. The Morgan fingerprint density at radius 2 is 2.15 bits per heavy atom. The maximum Gasteiger partial charge on any atom is 0.251 e. The van der Waals surface area contributed by atoms with Gasteiger partial charge in [-0.15, -0.1) is 5.10 Å². The number of hydrogen-bond acceptors (Lipinski definition) is 7. The first kappa shape index (κ1) is 19.2. The van der Waals surface area contributed by atoms with Gasteiger partial charge in [0.05, 0.1) is 19.3 Å². The van der Waals surface area contributed by atoms with E-state index in [2.05, 4.69) is 25.7 Å². The summed E-state index contributed by atoms with van der Waals surface area (Å²) in [5.41, 5.74) is 0.568. The number of ether oxygens (including phenoxy) is 2. The highest BCUT2D eigenvalue weighted by Crippen LogP contribution is 2.15. The van der Waals surface area contributed by atoms with Gasteiger partial charge in [-0.2, -0.15) is 0 Å². The molecule has 0 aliphatic carbocycles. The molecule has 0 radical (unpaired) electrons. The Morgan fingerprint density at radius 3 is 2.93 bits per heavy atom. The van der Waals surface area contributed by atoms with Crippen LogP contribution in [-0.4, -0.2) is 70.4 Å². The van der Waals surface area contributed by atoms with Crippen LogP contribution in [0.4, 0.5) is 0 Å². The maximum atomic E-state index is 12.4. The molecule has 146 valence electrons. The number of nitrogens with one attached hydrogen (secondary N) is 1. The molecule has 0 spiro atoms. The first-order valence-corrected chi connectivity index (χ1v) is 9.21. The second-order valence-corrected chi connectivity index (χ2v) is 6.66. The van der Waals surface area contributed by atoms with Crippen molar-refractivity contribution in [3.63, 3.8) is 0 Å². The lowest BCUT2D eigenvalue weighted by Crippen LogP contribution is -2.41. The molecule has 27 heavy (non-hydrogen) atoms. The second-order valence-electron chi connectivity index (χ2n) is 6.66. The molecule has 1 aliphatic rings. The minimum atomic E-state index is -0.110. The molecule has 1 aromatic heterocycles. The van der Waals surface area contributed by atoms with Crippen LogP contribution in [0, 0.1) is 0 Å². The minimum Gasteiger partial charge on any atom is -0.486 e. The molecular weight excluding hydrogens is 348 g/mol. The number of rotatable bonds is 8. The van der Waals surface area contributed by atoms with Crippen molar-refractivity contribution in [1.82, 2.24) is 30.4 Å². The zero-order chi connectivity index (χ0) is 19.1. The largest absolute Gasteiger partial charge is 0.486 e. The molecule has 1 N–H and O–H groups in total. The van der Waals surface area contributed by atoms with Crippen molar-refractivity contribution in [1.29, 1.82) is 0 Å². The molecule has 1 fully saturated rings. The summed E-state index contributed by atoms with van der Waals surface area (Å²) < 4.78 is 12.8. The fourth-order valence-electron chi connectivity index (χ4n) is 2.84. The van der Waals surface area contributed by atoms with E-state index < -0.39 is 0 Å². The third-order valence-electron chi connectivity index (χ3n) is 4.33. The Hall–Kier alpha value is -2.52. The standard InChI is InChI=1S/C18H26N6O3/c1-14(2)24-17(20-21-22-24)13-27-16-5-3-4-15(12-16)18(25)19-6-7-23-8-10-26-11-9-23/h3-5,12,14H,6-11,13H2,1-2H3,(H,19,25). The third kappa shape index (κ3) is 5.48. The van der Waals surface area contributed by atoms with Gasteiger partial charge in [-0.25, -0.2) is 4.68 Å². The summed E-state index contributed by atoms with van der Waals surface area (Å²) in [4.78, 5) is 14.6. The van der Waals surface area contributed by atoms with Gasteiger partial charge in [0.2, 0.25) is 0 Å². The molecule has 1 aliphatic heterocycles. The second kappa shape index (κ2) is 9.43. The lowest BCUT2D eigenvalue weighted by Gasteiger charge is -2.26. The summed E-state index contributed by atoms with van der Waals surface area (Å²) in [6.45, 7) is 9.01. The van der Waals surface area contributed by atoms with E-state index in [-0.39, 0.29) is 18.6 Å². The van der Waals surface area contributed by atoms with E-state index in [1.54, 1.807) is 22.9 Å². The van der Waals surface area contributed by atoms with Gasteiger partial charge in [-0.1, -0.05) is 6.07 Å². The van der Waals surface area contributed by atoms with Gasteiger partial charge in [0.1, 0.15) is 12.4 Å². The summed E-state index contributed by atoms with van der Waals surface area (Å²) in [6.07, 6.45) is 0. The fraction of sp³-hybridized carbons (Fsp3) is 0.556. The predicted molar refractivity (Wildman–Crippen MR) is 98.6 cm³/mol. The minimum absolute atomic E-state index is 0.110. The zero-order valence-electron chi connectivity index (χ0n) is 15.8. The van der Waals surface area contributed by atoms with Crippen LogP contribution in [0.2, 0.25) is 0 Å². The third-order valence-corrected chi connectivity index (χ3v) is 4.33. The number of benzene rings is 1. The Bertz CT molecular complexity index is 742. The van der Waals surface area contributed by atoms with Gasteiger partial charge in [-0.05, 0) is 42.5 Å². The molecule has 0 atom stereocenters. The van der Waals surface area contributed by atoms with E-state index >= 15 is 0 Å². The molecule has 0 unspecified atom stereocenters. The molecule has 1 aromatic carbocycles. The molecular formula is C18H26N6O3. The normalized spacial score (nSPS) is 15.1. The smallest absolute Gasteiger partial charge is 0.251 e. The quantitative estimate of drug-likeness (QED) is 0.733. The molecule has 0 bridgehead atoms. The van der Waals surface area contributed by atoms with E-state index in [0.717, 1.165) is 32.8 Å². The molecule has 1 saturated heterocycles. The number of amides is 1. The summed E-state index contributed by atoms with van der Waals surface area (Å²) in [5, 5.41) is 14.6. The molecule has 3 rings (SSSR count). The van der Waals surface area contributed by atoms with E-state index in [1.807, 2.05) is 19.9 Å². The van der Waals surface area contributed by atoms with E-state index in [1.165, 1.54) is 0 Å². The number of morpholine rings is 1. The average molecular weight is 374 g/mol. The van der Waals surface area contributed by atoms with Crippen LogP contribution in [0.15, 0.2) is 24.3 Å². The summed E-state index contributed by atoms with van der Waals surface area (Å²) in [5.74, 6) is 1.14. The highest BCUT2D eigenvalue weighted by atomic mass is 16.5. The Balaban J connectivity index is 1.50. The van der Waals surface area contributed by atoms with Crippen LogP contribution in [0.25, 0.3) is 0 Å². The van der Waals surface area contributed by atoms with Crippen LogP contribution < -0.4 is 10.1 Å². The van der Waals surface area contributed by atoms with Crippen LogP contribution in [0.3, 0.4) is 0 Å². The van der Waals surface area contributed by atoms with Gasteiger partial charge >= 0.3 is 0 Å². The average Bonchev–Trinajstić information content (AvgIpc) is 3.16. The van der Waals surface area contributed by atoms with Gasteiger partial charge in [0.15, 0.2) is 5.82 Å². The summed E-state index contributed by atoms with van der Waals surface area (Å²) in [6, 6.07) is 7.27. The van der Waals surface area contributed by atoms with Gasteiger partial charge in [0, 0.05) is 31.7 Å². The number of tetrazole rings is 1. The van der Waals surface area contributed by atoms with Crippen LogP contribution in [0.1, 0.15) is 36.1 Å². The summed E-state index contributed by atoms with van der Waals surface area (Å²) in [7, 11) is 0. The predicted octanol–water partition coefficient (Wildman–Crippen LogP) is 0.895. The van der Waals surface area contributed by atoms with Crippen molar-refractivity contribution in [2.24, 2.45) is 0 Å². The van der Waals surface area contributed by atoms with Crippen molar-refractivity contribution in [2.75, 3.05) is 39.4 Å². The van der Waals surface area contributed by atoms with Crippen molar-refractivity contribution in [2.45, 2.75) is 26.5 Å². The lowest BCUT2D eigenvalue weighted by atomic mass is 10.2. The zero-order valence-corrected chi connectivity index (χ0v) is 15.8. The lowest BCUT2D eigenvalue weighted by molar-refractivity contribution is 0.0383. The molecule has 2 heterocycles. The van der Waals surface area contributed by atoms with Crippen molar-refractivity contribution < 1.29 is 14.3 Å². The number of nitrogens with zero attached hydrogens (tertiary/aromatic N) is 5.